The van der Waals surface area contributed by atoms with Crippen LogP contribution in [-0.2, 0) is 17.8 Å². The molecular weight excluding hydrogens is 548 g/mol. The van der Waals surface area contributed by atoms with E-state index in [1.54, 1.807) is 30.5 Å². The van der Waals surface area contributed by atoms with Gasteiger partial charge in [-0.2, -0.15) is 0 Å². The summed E-state index contributed by atoms with van der Waals surface area (Å²) in [4.78, 5) is 33.2. The van der Waals surface area contributed by atoms with Gasteiger partial charge >= 0.3 is 12.0 Å². The monoisotopic (exact) mass is 588 g/mol. The third-order valence-corrected chi connectivity index (χ3v) is 10.1. The fourth-order valence-corrected chi connectivity index (χ4v) is 8.42. The summed E-state index contributed by atoms with van der Waals surface area (Å²) < 4.78 is 5.42. The molecule has 0 saturated heterocycles. The average molecular weight is 589 g/mol. The highest BCUT2D eigenvalue weighted by Gasteiger charge is 2.50. The molecule has 0 aliphatic heterocycles. The summed E-state index contributed by atoms with van der Waals surface area (Å²) in [6.07, 6.45) is 12.8. The number of benzene rings is 3. The number of anilines is 2. The number of ether oxygens (including phenoxy) is 1. The van der Waals surface area contributed by atoms with Crippen LogP contribution in [0.15, 0.2) is 79.0 Å². The van der Waals surface area contributed by atoms with Crippen molar-refractivity contribution in [3.63, 3.8) is 0 Å². The van der Waals surface area contributed by atoms with Gasteiger partial charge in [0.25, 0.3) is 0 Å². The van der Waals surface area contributed by atoms with Gasteiger partial charge in [-0.05, 0) is 122 Å². The maximum atomic E-state index is 12.8. The van der Waals surface area contributed by atoms with Gasteiger partial charge in [-0.1, -0.05) is 48.5 Å². The lowest BCUT2D eigenvalue weighted by Crippen LogP contribution is -2.46. The maximum absolute atomic E-state index is 12.8. The van der Waals surface area contributed by atoms with E-state index in [2.05, 4.69) is 45.7 Å². The number of hydrogen-bond acceptors (Lipinski definition) is 4. The summed E-state index contributed by atoms with van der Waals surface area (Å²) in [5, 5.41) is 5.62. The Hall–Kier alpha value is -4.39. The topological polar surface area (TPSA) is 96.1 Å². The molecule has 226 valence electrons. The van der Waals surface area contributed by atoms with E-state index < -0.39 is 12.0 Å². The summed E-state index contributed by atoms with van der Waals surface area (Å²) in [5.74, 6) is 3.71. The van der Waals surface area contributed by atoms with Gasteiger partial charge in [0, 0.05) is 11.3 Å². The number of nitrogens with one attached hydrogen (secondary N) is 3. The number of urea groups is 1. The Kier molecular flexibility index (Phi) is 7.71. The highest BCUT2D eigenvalue weighted by atomic mass is 16.5. The zero-order valence-electron chi connectivity index (χ0n) is 25.3. The summed E-state index contributed by atoms with van der Waals surface area (Å²) in [7, 11) is 0. The van der Waals surface area contributed by atoms with Crippen molar-refractivity contribution in [1.82, 2.24) is 9.97 Å². The second-order valence-corrected chi connectivity index (χ2v) is 13.4. The molecule has 7 heteroatoms. The average Bonchev–Trinajstić information content (AvgIpc) is 3.47. The third kappa shape index (κ3) is 6.28. The molecule has 0 unspecified atom stereocenters. The Labute approximate surface area is 258 Å². The van der Waals surface area contributed by atoms with E-state index >= 15 is 0 Å². The second kappa shape index (κ2) is 11.9. The lowest BCUT2D eigenvalue weighted by atomic mass is 9.48. The molecule has 4 saturated carbocycles. The molecule has 1 heterocycles. The number of aromatic amines is 1. The number of esters is 1. The van der Waals surface area contributed by atoms with Crippen LogP contribution < -0.4 is 10.6 Å². The molecule has 4 fully saturated rings. The number of aromatic nitrogens is 2. The molecule has 2 amide bonds. The second-order valence-electron chi connectivity index (χ2n) is 13.4. The van der Waals surface area contributed by atoms with E-state index in [0.717, 1.165) is 46.7 Å². The van der Waals surface area contributed by atoms with Crippen LogP contribution in [0.4, 0.5) is 16.3 Å². The quantitative estimate of drug-likeness (QED) is 0.171. The van der Waals surface area contributed by atoms with Gasteiger partial charge in [0.05, 0.1) is 11.8 Å². The fraction of sp³-hybridized carbons (Fsp3) is 0.378. The van der Waals surface area contributed by atoms with Crippen LogP contribution in [0.2, 0.25) is 0 Å². The fourth-order valence-electron chi connectivity index (χ4n) is 8.42. The Morgan fingerprint density at radius 3 is 2.39 bits per heavy atom. The molecule has 4 bridgehead atoms. The first-order valence-electron chi connectivity index (χ1n) is 15.9. The highest BCUT2D eigenvalue weighted by molar-refractivity contribution is 6.00. The summed E-state index contributed by atoms with van der Waals surface area (Å²) in [6.45, 7) is 2.28. The number of imidazole rings is 1. The Balaban J connectivity index is 0.955. The summed E-state index contributed by atoms with van der Waals surface area (Å²) in [6, 6.07) is 22.5. The van der Waals surface area contributed by atoms with Crippen LogP contribution in [0.5, 0.6) is 0 Å². The van der Waals surface area contributed by atoms with Crippen LogP contribution >= 0.6 is 0 Å². The third-order valence-electron chi connectivity index (χ3n) is 10.1. The minimum absolute atomic E-state index is 0.185. The Bertz CT molecular complexity index is 1620. The Morgan fingerprint density at radius 1 is 0.886 bits per heavy atom. The molecule has 1 aromatic heterocycles. The highest BCUT2D eigenvalue weighted by Crippen LogP contribution is 2.61. The number of amides is 2. The van der Waals surface area contributed by atoms with Crippen LogP contribution in [0.1, 0.15) is 72.0 Å². The van der Waals surface area contributed by atoms with Crippen molar-refractivity contribution in [3.05, 3.63) is 101 Å². The first kappa shape index (κ1) is 28.4. The lowest BCUT2D eigenvalue weighted by Gasteiger charge is -2.57. The van der Waals surface area contributed by atoms with Crippen molar-refractivity contribution < 1.29 is 14.3 Å². The van der Waals surface area contributed by atoms with Crippen molar-refractivity contribution >= 4 is 23.5 Å². The van der Waals surface area contributed by atoms with E-state index in [0.29, 0.717) is 22.5 Å². The molecule has 44 heavy (non-hydrogen) atoms. The van der Waals surface area contributed by atoms with Gasteiger partial charge in [-0.25, -0.2) is 14.6 Å². The van der Waals surface area contributed by atoms with Gasteiger partial charge in [0.15, 0.2) is 0 Å². The van der Waals surface area contributed by atoms with Crippen molar-refractivity contribution in [3.8, 4) is 11.4 Å². The molecule has 4 aliphatic carbocycles. The van der Waals surface area contributed by atoms with Crippen molar-refractivity contribution in [2.75, 3.05) is 10.6 Å². The van der Waals surface area contributed by atoms with E-state index in [9.17, 15) is 9.59 Å². The first-order valence-corrected chi connectivity index (χ1v) is 15.9. The number of carbonyl (C=O) groups is 2. The van der Waals surface area contributed by atoms with Gasteiger partial charge in [-0.15, -0.1) is 0 Å². The van der Waals surface area contributed by atoms with Crippen molar-refractivity contribution in [2.24, 2.45) is 23.2 Å². The smallest absolute Gasteiger partial charge is 0.338 e. The lowest BCUT2D eigenvalue weighted by molar-refractivity contribution is -0.0569. The maximum Gasteiger partial charge on any atom is 0.338 e. The van der Waals surface area contributed by atoms with Crippen molar-refractivity contribution in [2.45, 2.75) is 64.9 Å². The number of nitrogens with zero attached hydrogens (tertiary/aromatic N) is 1. The standard InChI is InChI=1S/C37H40N4O3/c1-24-10-11-25(12-13-37-19-27-14-28(20-37)16-29(15-27)21-37)17-32(24)34-38-22-33(40-34)41-36(43)39-31-9-5-8-30(18-31)35(42)44-23-26-6-3-2-4-7-26/h2-11,17-18,22,27-29H,12-16,19-21,23H2,1H3,(H,38,40)(H2,39,41,43). The Morgan fingerprint density at radius 2 is 1.64 bits per heavy atom. The van der Waals surface area contributed by atoms with Gasteiger partial charge in [0.1, 0.15) is 18.2 Å². The summed E-state index contributed by atoms with van der Waals surface area (Å²) >= 11 is 0. The largest absolute Gasteiger partial charge is 0.457 e. The van der Waals surface area contributed by atoms with Crippen LogP contribution in [0.25, 0.3) is 11.4 Å². The summed E-state index contributed by atoms with van der Waals surface area (Å²) in [5.41, 5.74) is 5.88. The normalized spacial score (nSPS) is 23.3. The number of aryl methyl sites for hydroxylation is 2. The minimum atomic E-state index is -0.452. The van der Waals surface area contributed by atoms with E-state index in [1.807, 2.05) is 30.3 Å². The number of hydrogen-bond donors (Lipinski definition) is 3. The van der Waals surface area contributed by atoms with E-state index in [1.165, 1.54) is 50.5 Å². The van der Waals surface area contributed by atoms with E-state index in [4.69, 9.17) is 4.74 Å². The SMILES string of the molecule is Cc1ccc(CCC23CC4CC(CC(C4)C2)C3)cc1-c1ncc(NC(=O)Nc2cccc(C(=O)OCc3ccccc3)c2)[nH]1. The zero-order valence-corrected chi connectivity index (χ0v) is 25.3. The zero-order chi connectivity index (χ0) is 30.1. The molecule has 4 aliphatic rings. The molecule has 3 aromatic carbocycles. The number of H-pyrrole nitrogens is 1. The molecule has 0 radical (unpaired) electrons. The van der Waals surface area contributed by atoms with Gasteiger partial charge < -0.3 is 15.0 Å². The van der Waals surface area contributed by atoms with Crippen LogP contribution in [0.3, 0.4) is 0 Å². The van der Waals surface area contributed by atoms with E-state index in [-0.39, 0.29) is 6.61 Å². The van der Waals surface area contributed by atoms with Crippen LogP contribution in [0, 0.1) is 30.1 Å². The molecule has 3 N–H and O–H groups in total. The van der Waals surface area contributed by atoms with Gasteiger partial charge in [0.2, 0.25) is 0 Å². The molecule has 0 spiro atoms. The minimum Gasteiger partial charge on any atom is -0.457 e. The van der Waals surface area contributed by atoms with Gasteiger partial charge in [-0.3, -0.25) is 5.32 Å². The molecule has 4 aromatic rings. The predicted molar refractivity (Wildman–Crippen MR) is 172 cm³/mol. The number of carbonyl (C=O) groups excluding carboxylic acids is 2. The molecular formula is C37H40N4O3. The van der Waals surface area contributed by atoms with Crippen molar-refractivity contribution in [1.29, 1.82) is 0 Å². The molecule has 0 atom stereocenters. The molecule has 7 nitrogen and oxygen atoms in total. The first-order chi connectivity index (χ1) is 21.4. The predicted octanol–water partition coefficient (Wildman–Crippen LogP) is 8.54. The van der Waals surface area contributed by atoms with Crippen LogP contribution in [-0.4, -0.2) is 22.0 Å². The number of rotatable bonds is 9. The molecule has 8 rings (SSSR count).